The van der Waals surface area contributed by atoms with Crippen molar-refractivity contribution in [3.05, 3.63) is 53.1 Å². The Morgan fingerprint density at radius 2 is 1.86 bits per heavy atom. The summed E-state index contributed by atoms with van der Waals surface area (Å²) < 4.78 is 16.7. The Balaban J connectivity index is 1.85. The number of nitrogens with one attached hydrogen (secondary N) is 1. The Morgan fingerprint density at radius 3 is 2.62 bits per heavy atom. The monoisotopic (exact) mass is 398 g/mol. The number of hydrogen-bond acceptors (Lipinski definition) is 5. The van der Waals surface area contributed by atoms with Crippen LogP contribution in [0.25, 0.3) is 0 Å². The lowest BCUT2D eigenvalue weighted by molar-refractivity contribution is -0.123. The number of rotatable bonds is 11. The highest BCUT2D eigenvalue weighted by atomic mass is 16.5. The van der Waals surface area contributed by atoms with Crippen LogP contribution in [-0.4, -0.2) is 32.4 Å². The third-order valence-corrected chi connectivity index (χ3v) is 4.30. The maximum atomic E-state index is 12.0. The van der Waals surface area contributed by atoms with Gasteiger partial charge in [0.15, 0.2) is 18.1 Å². The molecule has 29 heavy (non-hydrogen) atoms. The topological polar surface area (TPSA) is 69.2 Å². The van der Waals surface area contributed by atoms with Crippen LogP contribution in [0.15, 0.2) is 41.5 Å². The lowest BCUT2D eigenvalue weighted by Crippen LogP contribution is -2.24. The number of benzene rings is 2. The number of unbranched alkanes of at least 4 members (excludes halogenated alkanes) is 2. The second-order valence-corrected chi connectivity index (χ2v) is 6.82. The first-order chi connectivity index (χ1) is 14.0. The fourth-order valence-electron chi connectivity index (χ4n) is 2.64. The van der Waals surface area contributed by atoms with Crippen LogP contribution in [-0.2, 0) is 4.79 Å². The van der Waals surface area contributed by atoms with E-state index in [-0.39, 0.29) is 12.5 Å². The average molecular weight is 399 g/mol. The number of amides is 1. The molecule has 0 aliphatic rings. The molecule has 0 aromatic heterocycles. The van der Waals surface area contributed by atoms with Crippen molar-refractivity contribution in [3.63, 3.8) is 0 Å². The minimum Gasteiger partial charge on any atom is -0.493 e. The second-order valence-electron chi connectivity index (χ2n) is 6.82. The lowest BCUT2D eigenvalue weighted by Gasteiger charge is -2.11. The molecule has 0 spiro atoms. The van der Waals surface area contributed by atoms with Crippen molar-refractivity contribution in [3.8, 4) is 17.2 Å². The minimum atomic E-state index is -0.329. The number of nitrogens with zero attached hydrogens (tertiary/aromatic N) is 1. The van der Waals surface area contributed by atoms with Crippen LogP contribution in [0, 0.1) is 13.8 Å². The van der Waals surface area contributed by atoms with Gasteiger partial charge in [0.2, 0.25) is 0 Å². The molecule has 0 heterocycles. The number of ether oxygens (including phenoxy) is 3. The number of carbonyl (C=O) groups excluding carboxylic acids is 1. The van der Waals surface area contributed by atoms with Crippen molar-refractivity contribution in [1.82, 2.24) is 5.43 Å². The van der Waals surface area contributed by atoms with E-state index in [1.807, 2.05) is 50.2 Å². The standard InChI is InChI=1S/C23H30N2O4/c1-5-6-7-12-28-20-11-10-19(14-22(20)27-4)15-24-25-23(26)16-29-21-13-17(2)8-9-18(21)3/h8-11,13-15H,5-7,12,16H2,1-4H3,(H,25,26)/b24-15+. The molecule has 1 N–H and O–H groups in total. The maximum absolute atomic E-state index is 12.0. The maximum Gasteiger partial charge on any atom is 0.277 e. The number of carbonyl (C=O) groups is 1. The zero-order chi connectivity index (χ0) is 21.1. The molecule has 0 fully saturated rings. The van der Waals surface area contributed by atoms with Crippen molar-refractivity contribution in [2.75, 3.05) is 20.3 Å². The summed E-state index contributed by atoms with van der Waals surface area (Å²) in [4.78, 5) is 12.0. The van der Waals surface area contributed by atoms with E-state index < -0.39 is 0 Å². The lowest BCUT2D eigenvalue weighted by atomic mass is 10.1. The Bertz CT molecular complexity index is 834. The number of aryl methyl sites for hydroxylation is 2. The predicted molar refractivity (Wildman–Crippen MR) is 115 cm³/mol. The molecule has 0 aliphatic carbocycles. The van der Waals surface area contributed by atoms with Gasteiger partial charge in [-0.3, -0.25) is 4.79 Å². The van der Waals surface area contributed by atoms with Gasteiger partial charge in [-0.2, -0.15) is 5.10 Å². The largest absolute Gasteiger partial charge is 0.493 e. The molecule has 1 amide bonds. The molecule has 2 aromatic rings. The van der Waals surface area contributed by atoms with Gasteiger partial charge in [-0.15, -0.1) is 0 Å². The van der Waals surface area contributed by atoms with E-state index in [0.29, 0.717) is 23.9 Å². The zero-order valence-corrected chi connectivity index (χ0v) is 17.7. The fourth-order valence-corrected chi connectivity index (χ4v) is 2.64. The van der Waals surface area contributed by atoms with Crippen molar-refractivity contribution in [2.45, 2.75) is 40.0 Å². The van der Waals surface area contributed by atoms with Crippen LogP contribution in [0.3, 0.4) is 0 Å². The Labute approximate surface area is 172 Å². The molecule has 6 heteroatoms. The van der Waals surface area contributed by atoms with E-state index in [4.69, 9.17) is 14.2 Å². The van der Waals surface area contributed by atoms with Gasteiger partial charge < -0.3 is 14.2 Å². The van der Waals surface area contributed by atoms with Crippen molar-refractivity contribution in [2.24, 2.45) is 5.10 Å². The number of methoxy groups -OCH3 is 1. The number of hydrazone groups is 1. The van der Waals surface area contributed by atoms with Gasteiger partial charge in [0, 0.05) is 0 Å². The molecule has 0 saturated carbocycles. The molecule has 0 radical (unpaired) electrons. The smallest absolute Gasteiger partial charge is 0.277 e. The zero-order valence-electron chi connectivity index (χ0n) is 17.7. The SMILES string of the molecule is CCCCCOc1ccc(/C=N/NC(=O)COc2cc(C)ccc2C)cc1OC. The third kappa shape index (κ3) is 7.49. The van der Waals surface area contributed by atoms with Crippen LogP contribution >= 0.6 is 0 Å². The summed E-state index contributed by atoms with van der Waals surface area (Å²) in [5, 5.41) is 3.98. The summed E-state index contributed by atoms with van der Waals surface area (Å²) in [5.41, 5.74) is 5.32. The Kier molecular flexibility index (Phi) is 9.02. The van der Waals surface area contributed by atoms with Gasteiger partial charge in [0.25, 0.3) is 5.91 Å². The number of hydrogen-bond donors (Lipinski definition) is 1. The van der Waals surface area contributed by atoms with E-state index in [1.54, 1.807) is 13.3 Å². The van der Waals surface area contributed by atoms with E-state index in [0.717, 1.165) is 36.0 Å². The fraction of sp³-hybridized carbons (Fsp3) is 0.391. The summed E-state index contributed by atoms with van der Waals surface area (Å²) >= 11 is 0. The summed E-state index contributed by atoms with van der Waals surface area (Å²) in [6.07, 6.45) is 4.86. The highest BCUT2D eigenvalue weighted by Crippen LogP contribution is 2.27. The second kappa shape index (κ2) is 11.7. The van der Waals surface area contributed by atoms with Crippen LogP contribution < -0.4 is 19.6 Å². The van der Waals surface area contributed by atoms with Gasteiger partial charge in [-0.25, -0.2) is 5.43 Å². The van der Waals surface area contributed by atoms with E-state index in [2.05, 4.69) is 17.5 Å². The quantitative estimate of drug-likeness (QED) is 0.346. The predicted octanol–water partition coefficient (Wildman–Crippen LogP) is 4.41. The Hall–Kier alpha value is -3.02. The van der Waals surface area contributed by atoms with Gasteiger partial charge in [-0.1, -0.05) is 31.9 Å². The van der Waals surface area contributed by atoms with Crippen molar-refractivity contribution in [1.29, 1.82) is 0 Å². The first-order valence-corrected chi connectivity index (χ1v) is 9.86. The molecule has 6 nitrogen and oxygen atoms in total. The molecule has 2 aromatic carbocycles. The Morgan fingerprint density at radius 1 is 1.03 bits per heavy atom. The van der Waals surface area contributed by atoms with Crippen LogP contribution in [0.5, 0.6) is 17.2 Å². The van der Waals surface area contributed by atoms with E-state index in [9.17, 15) is 4.79 Å². The van der Waals surface area contributed by atoms with Crippen molar-refractivity contribution < 1.29 is 19.0 Å². The van der Waals surface area contributed by atoms with E-state index in [1.165, 1.54) is 0 Å². The first kappa shape index (κ1) is 22.3. The molecular formula is C23H30N2O4. The molecular weight excluding hydrogens is 368 g/mol. The summed E-state index contributed by atoms with van der Waals surface area (Å²) in [6.45, 7) is 6.63. The van der Waals surface area contributed by atoms with Crippen molar-refractivity contribution >= 4 is 12.1 Å². The van der Waals surface area contributed by atoms with Gasteiger partial charge >= 0.3 is 0 Å². The van der Waals surface area contributed by atoms with E-state index >= 15 is 0 Å². The molecule has 0 bridgehead atoms. The molecule has 156 valence electrons. The normalized spacial score (nSPS) is 10.8. The summed E-state index contributed by atoms with van der Waals surface area (Å²) in [6, 6.07) is 11.4. The highest BCUT2D eigenvalue weighted by Gasteiger charge is 2.06. The van der Waals surface area contributed by atoms with Crippen LogP contribution in [0.1, 0.15) is 42.9 Å². The molecule has 0 saturated heterocycles. The van der Waals surface area contributed by atoms with Gasteiger partial charge in [-0.05, 0) is 61.2 Å². The summed E-state index contributed by atoms with van der Waals surface area (Å²) in [7, 11) is 1.60. The molecule has 0 aliphatic heterocycles. The third-order valence-electron chi connectivity index (χ3n) is 4.30. The molecule has 0 unspecified atom stereocenters. The molecule has 0 atom stereocenters. The highest BCUT2D eigenvalue weighted by molar-refractivity contribution is 5.83. The van der Waals surface area contributed by atoms with Gasteiger partial charge in [0.1, 0.15) is 5.75 Å². The van der Waals surface area contributed by atoms with Crippen LogP contribution in [0.2, 0.25) is 0 Å². The molecule has 2 rings (SSSR count). The average Bonchev–Trinajstić information content (AvgIpc) is 2.72. The van der Waals surface area contributed by atoms with Gasteiger partial charge in [0.05, 0.1) is 19.9 Å². The summed E-state index contributed by atoms with van der Waals surface area (Å²) in [5.74, 6) is 1.70. The first-order valence-electron chi connectivity index (χ1n) is 9.86. The minimum absolute atomic E-state index is 0.102. The van der Waals surface area contributed by atoms with Crippen LogP contribution in [0.4, 0.5) is 0 Å².